The van der Waals surface area contributed by atoms with Crippen molar-refractivity contribution in [1.82, 2.24) is 9.88 Å². The lowest BCUT2D eigenvalue weighted by Crippen LogP contribution is -2.29. The summed E-state index contributed by atoms with van der Waals surface area (Å²) < 4.78 is 7.30. The van der Waals surface area contributed by atoms with Crippen LogP contribution < -0.4 is 20.9 Å². The number of rotatable bonds is 8. The summed E-state index contributed by atoms with van der Waals surface area (Å²) in [5, 5.41) is 14.6. The van der Waals surface area contributed by atoms with E-state index in [-0.39, 0.29) is 5.56 Å². The first kappa shape index (κ1) is 19.9. The first-order chi connectivity index (χ1) is 14.7. The third kappa shape index (κ3) is 4.78. The molecule has 1 saturated heterocycles. The van der Waals surface area contributed by atoms with Gasteiger partial charge in [0.1, 0.15) is 12.4 Å². The van der Waals surface area contributed by atoms with Crippen LogP contribution in [-0.2, 0) is 6.61 Å². The molecule has 1 aliphatic rings. The number of aromatic nitrogens is 1. The Kier molecular flexibility index (Phi) is 6.25. The van der Waals surface area contributed by atoms with Crippen molar-refractivity contribution >= 4 is 11.9 Å². The van der Waals surface area contributed by atoms with Crippen LogP contribution in [0.5, 0.6) is 5.75 Å². The van der Waals surface area contributed by atoms with Gasteiger partial charge < -0.3 is 20.8 Å². The summed E-state index contributed by atoms with van der Waals surface area (Å²) in [4.78, 5) is 12.6. The van der Waals surface area contributed by atoms with Crippen LogP contribution >= 0.6 is 0 Å². The van der Waals surface area contributed by atoms with Gasteiger partial charge in [-0.05, 0) is 49.2 Å². The molecule has 1 aromatic heterocycles. The maximum atomic E-state index is 12.6. The van der Waals surface area contributed by atoms with E-state index in [9.17, 15) is 4.79 Å². The largest absolute Gasteiger partial charge is 0.489 e. The van der Waals surface area contributed by atoms with Gasteiger partial charge in [-0.15, -0.1) is 0 Å². The van der Waals surface area contributed by atoms with Gasteiger partial charge in [0, 0.05) is 48.0 Å². The minimum Gasteiger partial charge on any atom is -0.489 e. The Balaban J connectivity index is 1.47. The van der Waals surface area contributed by atoms with Crippen LogP contribution in [0.25, 0.3) is 5.69 Å². The summed E-state index contributed by atoms with van der Waals surface area (Å²) >= 11 is 0. The smallest absolute Gasteiger partial charge is 0.258 e. The molecular weight excluding hydrogens is 376 g/mol. The average molecular weight is 402 g/mol. The lowest BCUT2D eigenvalue weighted by molar-refractivity contribution is 0.305. The van der Waals surface area contributed by atoms with Crippen molar-refractivity contribution < 1.29 is 4.74 Å². The van der Waals surface area contributed by atoms with Gasteiger partial charge in [-0.2, -0.15) is 0 Å². The molecule has 1 atom stereocenters. The van der Waals surface area contributed by atoms with Crippen LogP contribution in [0.1, 0.15) is 24.0 Å². The molecule has 0 saturated carbocycles. The molecular formula is C24H26N4O2. The lowest BCUT2D eigenvalue weighted by Gasteiger charge is -2.16. The summed E-state index contributed by atoms with van der Waals surface area (Å²) in [6, 6.07) is 19.3. The van der Waals surface area contributed by atoms with E-state index < -0.39 is 0 Å². The second-order valence-corrected chi connectivity index (χ2v) is 7.44. The monoisotopic (exact) mass is 402 g/mol. The van der Waals surface area contributed by atoms with Gasteiger partial charge in [0.05, 0.1) is 0 Å². The first-order valence-electron chi connectivity index (χ1n) is 10.2. The maximum Gasteiger partial charge on any atom is 0.258 e. The van der Waals surface area contributed by atoms with E-state index >= 15 is 0 Å². The molecule has 2 heterocycles. The predicted octanol–water partition coefficient (Wildman–Crippen LogP) is 3.58. The highest BCUT2D eigenvalue weighted by molar-refractivity contribution is 5.86. The highest BCUT2D eigenvalue weighted by atomic mass is 16.5. The second kappa shape index (κ2) is 9.41. The van der Waals surface area contributed by atoms with E-state index in [0.29, 0.717) is 18.4 Å². The van der Waals surface area contributed by atoms with Crippen LogP contribution in [0.3, 0.4) is 0 Å². The van der Waals surface area contributed by atoms with Crippen molar-refractivity contribution in [2.75, 3.05) is 18.4 Å². The standard InChI is InChI=1S/C24H26N4O2/c25-15-19-13-21(8-9-23(19)27-16-20-7-4-11-26-20)28-12-10-22(14-24(28)29)30-17-18-5-2-1-3-6-18/h1-3,5-6,8-10,12-15,20,25-27H,4,7,11,16-17H2. The summed E-state index contributed by atoms with van der Waals surface area (Å²) in [5.41, 5.74) is 3.25. The van der Waals surface area contributed by atoms with Crippen molar-refractivity contribution in [3.63, 3.8) is 0 Å². The average Bonchev–Trinajstić information content (AvgIpc) is 3.31. The minimum absolute atomic E-state index is 0.174. The van der Waals surface area contributed by atoms with Gasteiger partial charge in [-0.25, -0.2) is 0 Å². The van der Waals surface area contributed by atoms with Crippen LogP contribution in [0.2, 0.25) is 0 Å². The zero-order valence-corrected chi connectivity index (χ0v) is 16.8. The summed E-state index contributed by atoms with van der Waals surface area (Å²) in [5.74, 6) is 0.537. The molecule has 1 unspecified atom stereocenters. The molecule has 0 aliphatic carbocycles. The maximum absolute atomic E-state index is 12.6. The van der Waals surface area contributed by atoms with Crippen LogP contribution in [0.4, 0.5) is 5.69 Å². The van der Waals surface area contributed by atoms with Crippen molar-refractivity contribution in [2.24, 2.45) is 0 Å². The Morgan fingerprint density at radius 3 is 2.77 bits per heavy atom. The van der Waals surface area contributed by atoms with E-state index in [2.05, 4.69) is 10.6 Å². The molecule has 0 spiro atoms. The Bertz CT molecular complexity index is 1060. The van der Waals surface area contributed by atoms with E-state index in [1.807, 2.05) is 48.5 Å². The number of hydrogen-bond acceptors (Lipinski definition) is 5. The van der Waals surface area contributed by atoms with Crippen LogP contribution in [0.15, 0.2) is 71.7 Å². The highest BCUT2D eigenvalue weighted by Crippen LogP contribution is 2.19. The zero-order valence-electron chi connectivity index (χ0n) is 16.8. The molecule has 0 amide bonds. The van der Waals surface area contributed by atoms with Gasteiger partial charge in [-0.3, -0.25) is 9.36 Å². The molecule has 0 radical (unpaired) electrons. The topological polar surface area (TPSA) is 79.1 Å². The van der Waals surface area contributed by atoms with E-state index in [1.54, 1.807) is 16.8 Å². The van der Waals surface area contributed by atoms with Crippen LogP contribution in [-0.4, -0.2) is 29.9 Å². The van der Waals surface area contributed by atoms with E-state index in [4.69, 9.17) is 10.1 Å². The Hall–Kier alpha value is -3.38. The fourth-order valence-corrected chi connectivity index (χ4v) is 3.65. The molecule has 2 aromatic carbocycles. The number of anilines is 1. The molecule has 6 nitrogen and oxygen atoms in total. The number of nitrogens with zero attached hydrogens (tertiary/aromatic N) is 1. The van der Waals surface area contributed by atoms with Crippen molar-refractivity contribution in [3.05, 3.63) is 88.3 Å². The van der Waals surface area contributed by atoms with Crippen molar-refractivity contribution in [3.8, 4) is 11.4 Å². The number of pyridine rings is 1. The van der Waals surface area contributed by atoms with E-state index in [0.717, 1.165) is 35.6 Å². The predicted molar refractivity (Wildman–Crippen MR) is 120 cm³/mol. The van der Waals surface area contributed by atoms with Gasteiger partial charge in [-0.1, -0.05) is 30.3 Å². The molecule has 3 N–H and O–H groups in total. The van der Waals surface area contributed by atoms with Crippen LogP contribution in [0, 0.1) is 5.41 Å². The Labute approximate surface area is 176 Å². The highest BCUT2D eigenvalue weighted by Gasteiger charge is 2.14. The third-order valence-corrected chi connectivity index (χ3v) is 5.31. The lowest BCUT2D eigenvalue weighted by atomic mass is 10.1. The fraction of sp³-hybridized carbons (Fsp3) is 0.250. The fourth-order valence-electron chi connectivity index (χ4n) is 3.65. The van der Waals surface area contributed by atoms with Gasteiger partial charge >= 0.3 is 0 Å². The molecule has 154 valence electrons. The number of hydrogen-bond donors (Lipinski definition) is 3. The second-order valence-electron chi connectivity index (χ2n) is 7.44. The quantitative estimate of drug-likeness (QED) is 0.503. The molecule has 1 fully saturated rings. The molecule has 0 bridgehead atoms. The number of nitrogens with one attached hydrogen (secondary N) is 3. The molecule has 30 heavy (non-hydrogen) atoms. The van der Waals surface area contributed by atoms with Gasteiger partial charge in [0.15, 0.2) is 0 Å². The molecule has 6 heteroatoms. The SMILES string of the molecule is N=Cc1cc(-n2ccc(OCc3ccccc3)cc2=O)ccc1NCC1CCCN1. The molecule has 1 aliphatic heterocycles. The Morgan fingerprint density at radius 1 is 1.17 bits per heavy atom. The number of ether oxygens (including phenoxy) is 1. The van der Waals surface area contributed by atoms with E-state index in [1.165, 1.54) is 25.1 Å². The van der Waals surface area contributed by atoms with Crippen molar-refractivity contribution in [1.29, 1.82) is 5.41 Å². The van der Waals surface area contributed by atoms with Gasteiger partial charge in [0.2, 0.25) is 0 Å². The summed E-state index contributed by atoms with van der Waals surface area (Å²) in [6.45, 7) is 2.31. The molecule has 3 aromatic rings. The van der Waals surface area contributed by atoms with Crippen molar-refractivity contribution in [2.45, 2.75) is 25.5 Å². The molecule has 4 rings (SSSR count). The summed E-state index contributed by atoms with van der Waals surface area (Å²) in [6.07, 6.45) is 5.40. The summed E-state index contributed by atoms with van der Waals surface area (Å²) in [7, 11) is 0. The number of benzene rings is 2. The van der Waals surface area contributed by atoms with Gasteiger partial charge in [0.25, 0.3) is 5.56 Å². The third-order valence-electron chi connectivity index (χ3n) is 5.31. The zero-order chi connectivity index (χ0) is 20.8. The first-order valence-corrected chi connectivity index (χ1v) is 10.2. The normalized spacial score (nSPS) is 15.7. The minimum atomic E-state index is -0.174. The Morgan fingerprint density at radius 2 is 2.03 bits per heavy atom.